The number of methoxy groups -OCH3 is 1. The highest BCUT2D eigenvalue weighted by atomic mass is 32.2. The number of ether oxygens (including phenoxy) is 1. The molecule has 0 bridgehead atoms. The van der Waals surface area contributed by atoms with E-state index in [1.165, 1.54) is 4.31 Å². The van der Waals surface area contributed by atoms with Crippen LogP contribution in [-0.4, -0.2) is 38.8 Å². The monoisotopic (exact) mass is 380 g/mol. The molecule has 1 aromatic carbocycles. The maximum atomic E-state index is 12.5. The smallest absolute Gasteiger partial charge is 0.252 e. The van der Waals surface area contributed by atoms with Crippen LogP contribution in [0.1, 0.15) is 17.7 Å². The largest absolute Gasteiger partial charge is 0.497 e. The zero-order chi connectivity index (χ0) is 17.9. The van der Waals surface area contributed by atoms with Gasteiger partial charge < -0.3 is 10.1 Å². The third kappa shape index (κ3) is 4.20. The summed E-state index contributed by atoms with van der Waals surface area (Å²) in [5.74, 6) is 0.533. The Bertz CT molecular complexity index is 838. The number of thiophene rings is 1. The lowest BCUT2D eigenvalue weighted by molar-refractivity contribution is -0.115. The van der Waals surface area contributed by atoms with Gasteiger partial charge in [-0.3, -0.25) is 4.79 Å². The summed E-state index contributed by atoms with van der Waals surface area (Å²) in [7, 11) is -1.83. The average Bonchev–Trinajstić information content (AvgIpc) is 3.27. The molecule has 1 amide bonds. The highest BCUT2D eigenvalue weighted by molar-refractivity contribution is 7.91. The van der Waals surface area contributed by atoms with Crippen molar-refractivity contribution in [2.75, 3.05) is 25.5 Å². The van der Waals surface area contributed by atoms with E-state index in [2.05, 4.69) is 5.32 Å². The minimum Gasteiger partial charge on any atom is -0.497 e. The lowest BCUT2D eigenvalue weighted by Gasteiger charge is -2.13. The van der Waals surface area contributed by atoms with Crippen LogP contribution in [0.4, 0.5) is 5.69 Å². The molecular weight excluding hydrogens is 360 g/mol. The van der Waals surface area contributed by atoms with Gasteiger partial charge in [-0.05, 0) is 49.2 Å². The zero-order valence-electron chi connectivity index (χ0n) is 13.9. The van der Waals surface area contributed by atoms with Crippen LogP contribution >= 0.6 is 11.3 Å². The van der Waals surface area contributed by atoms with E-state index in [4.69, 9.17) is 4.74 Å². The molecule has 1 saturated heterocycles. The first-order valence-electron chi connectivity index (χ1n) is 8.02. The molecule has 25 heavy (non-hydrogen) atoms. The Balaban J connectivity index is 1.63. The van der Waals surface area contributed by atoms with Crippen molar-refractivity contribution in [3.05, 3.63) is 41.3 Å². The molecular formula is C17H20N2O4S2. The van der Waals surface area contributed by atoms with Crippen LogP contribution in [0.15, 0.2) is 40.6 Å². The van der Waals surface area contributed by atoms with Crippen LogP contribution < -0.4 is 10.1 Å². The highest BCUT2D eigenvalue weighted by Gasteiger charge is 2.28. The number of sulfonamides is 1. The Morgan fingerprint density at radius 1 is 1.16 bits per heavy atom. The second-order valence-corrected chi connectivity index (χ2v) is 9.12. The van der Waals surface area contributed by atoms with E-state index in [-0.39, 0.29) is 12.3 Å². The predicted molar refractivity (Wildman–Crippen MR) is 97.6 cm³/mol. The fourth-order valence-corrected chi connectivity index (χ4v) is 5.71. The van der Waals surface area contributed by atoms with Gasteiger partial charge in [0.05, 0.1) is 13.5 Å². The molecule has 0 spiro atoms. The molecule has 0 aliphatic carbocycles. The SMILES string of the molecule is COc1ccc(NC(=O)Cc2ccc(S(=O)(=O)N3CCCC3)s2)cc1. The van der Waals surface area contributed by atoms with Crippen molar-refractivity contribution >= 4 is 33.0 Å². The van der Waals surface area contributed by atoms with Crippen molar-refractivity contribution in [3.8, 4) is 5.75 Å². The van der Waals surface area contributed by atoms with E-state index in [0.29, 0.717) is 28.7 Å². The molecule has 6 nitrogen and oxygen atoms in total. The Labute approximate surface area is 151 Å². The van der Waals surface area contributed by atoms with E-state index in [1.807, 2.05) is 0 Å². The molecule has 134 valence electrons. The van der Waals surface area contributed by atoms with Gasteiger partial charge in [0, 0.05) is 23.7 Å². The fraction of sp³-hybridized carbons (Fsp3) is 0.353. The second-order valence-electron chi connectivity index (χ2n) is 5.79. The van der Waals surface area contributed by atoms with Crippen molar-refractivity contribution in [1.29, 1.82) is 0 Å². The zero-order valence-corrected chi connectivity index (χ0v) is 15.5. The van der Waals surface area contributed by atoms with E-state index in [1.54, 1.807) is 43.5 Å². The van der Waals surface area contributed by atoms with Gasteiger partial charge in [-0.1, -0.05) is 0 Å². The number of anilines is 1. The number of carbonyl (C=O) groups is 1. The van der Waals surface area contributed by atoms with Gasteiger partial charge in [0.25, 0.3) is 10.0 Å². The summed E-state index contributed by atoms with van der Waals surface area (Å²) < 4.78 is 31.9. The highest BCUT2D eigenvalue weighted by Crippen LogP contribution is 2.27. The number of hydrogen-bond acceptors (Lipinski definition) is 5. The van der Waals surface area contributed by atoms with Crippen molar-refractivity contribution in [2.45, 2.75) is 23.5 Å². The lowest BCUT2D eigenvalue weighted by Crippen LogP contribution is -2.27. The van der Waals surface area contributed by atoms with Gasteiger partial charge in [0.1, 0.15) is 9.96 Å². The molecule has 2 heterocycles. The summed E-state index contributed by atoms with van der Waals surface area (Å²) in [6.07, 6.45) is 1.95. The summed E-state index contributed by atoms with van der Waals surface area (Å²) in [4.78, 5) is 12.9. The quantitative estimate of drug-likeness (QED) is 0.836. The van der Waals surface area contributed by atoms with Crippen molar-refractivity contribution < 1.29 is 17.9 Å². The van der Waals surface area contributed by atoms with Crippen molar-refractivity contribution in [2.24, 2.45) is 0 Å². The van der Waals surface area contributed by atoms with Crippen LogP contribution in [0, 0.1) is 0 Å². The average molecular weight is 380 g/mol. The number of carbonyl (C=O) groups excluding carboxylic acids is 1. The Morgan fingerprint density at radius 3 is 2.48 bits per heavy atom. The normalized spacial score (nSPS) is 15.2. The standard InChI is InChI=1S/C17H20N2O4S2/c1-23-14-6-4-13(5-7-14)18-16(20)12-15-8-9-17(24-15)25(21,22)19-10-2-3-11-19/h4-9H,2-3,10-12H2,1H3,(H,18,20). The molecule has 0 radical (unpaired) electrons. The fourth-order valence-electron chi connectivity index (χ4n) is 2.69. The van der Waals surface area contributed by atoms with Gasteiger partial charge in [-0.15, -0.1) is 11.3 Å². The molecule has 8 heteroatoms. The van der Waals surface area contributed by atoms with E-state index < -0.39 is 10.0 Å². The van der Waals surface area contributed by atoms with Crippen molar-refractivity contribution in [3.63, 3.8) is 0 Å². The van der Waals surface area contributed by atoms with E-state index in [0.717, 1.165) is 29.1 Å². The van der Waals surface area contributed by atoms with Crippen LogP contribution in [0.2, 0.25) is 0 Å². The van der Waals surface area contributed by atoms with Crippen LogP contribution in [0.3, 0.4) is 0 Å². The Hall–Kier alpha value is -1.90. The van der Waals surface area contributed by atoms with Crippen LogP contribution in [0.25, 0.3) is 0 Å². The molecule has 2 aromatic rings. The van der Waals surface area contributed by atoms with E-state index >= 15 is 0 Å². The maximum absolute atomic E-state index is 12.5. The van der Waals surface area contributed by atoms with Crippen molar-refractivity contribution in [1.82, 2.24) is 4.31 Å². The van der Waals surface area contributed by atoms with Gasteiger partial charge in [-0.25, -0.2) is 8.42 Å². The number of benzene rings is 1. The lowest BCUT2D eigenvalue weighted by atomic mass is 10.2. The molecule has 3 rings (SSSR count). The number of rotatable bonds is 6. The van der Waals surface area contributed by atoms with Gasteiger partial charge >= 0.3 is 0 Å². The first-order chi connectivity index (χ1) is 12.0. The summed E-state index contributed by atoms with van der Waals surface area (Å²) >= 11 is 1.16. The summed E-state index contributed by atoms with van der Waals surface area (Å²) in [5, 5.41) is 2.80. The summed E-state index contributed by atoms with van der Waals surface area (Å²) in [5.41, 5.74) is 0.673. The van der Waals surface area contributed by atoms with Gasteiger partial charge in [0.2, 0.25) is 5.91 Å². The minimum absolute atomic E-state index is 0.145. The second kappa shape index (κ2) is 7.55. The first-order valence-corrected chi connectivity index (χ1v) is 10.3. The summed E-state index contributed by atoms with van der Waals surface area (Å²) in [6.45, 7) is 1.15. The third-order valence-electron chi connectivity index (χ3n) is 4.00. The Kier molecular flexibility index (Phi) is 5.41. The van der Waals surface area contributed by atoms with Crippen LogP contribution in [0.5, 0.6) is 5.75 Å². The molecule has 1 N–H and O–H groups in total. The number of hydrogen-bond donors (Lipinski definition) is 1. The first kappa shape index (κ1) is 17.9. The maximum Gasteiger partial charge on any atom is 0.252 e. The van der Waals surface area contributed by atoms with E-state index in [9.17, 15) is 13.2 Å². The minimum atomic E-state index is -3.41. The molecule has 0 atom stereocenters. The van der Waals surface area contributed by atoms with Gasteiger partial charge in [0.15, 0.2) is 0 Å². The number of nitrogens with one attached hydrogen (secondary N) is 1. The third-order valence-corrected chi connectivity index (χ3v) is 7.46. The molecule has 1 aliphatic rings. The molecule has 0 unspecified atom stereocenters. The van der Waals surface area contributed by atoms with Crippen LogP contribution in [-0.2, 0) is 21.2 Å². The number of amides is 1. The molecule has 1 fully saturated rings. The molecule has 0 saturated carbocycles. The predicted octanol–water partition coefficient (Wildman–Crippen LogP) is 2.72. The molecule has 1 aliphatic heterocycles. The van der Waals surface area contributed by atoms with Gasteiger partial charge in [-0.2, -0.15) is 4.31 Å². The summed E-state index contributed by atoms with van der Waals surface area (Å²) in [6, 6.07) is 10.3. The Morgan fingerprint density at radius 2 is 1.84 bits per heavy atom. The molecule has 1 aromatic heterocycles. The topological polar surface area (TPSA) is 75.7 Å². The number of nitrogens with zero attached hydrogens (tertiary/aromatic N) is 1.